The fourth-order valence-electron chi connectivity index (χ4n) is 3.09. The van der Waals surface area contributed by atoms with Gasteiger partial charge in [0.1, 0.15) is 5.54 Å². The van der Waals surface area contributed by atoms with Gasteiger partial charge in [0.05, 0.1) is 0 Å². The Labute approximate surface area is 78.3 Å². The second kappa shape index (κ2) is 2.71. The van der Waals surface area contributed by atoms with E-state index in [9.17, 15) is 4.79 Å². The number of carbonyl (C=O) groups is 1. The summed E-state index contributed by atoms with van der Waals surface area (Å²) in [7, 11) is 0. The van der Waals surface area contributed by atoms with E-state index in [1.807, 2.05) is 0 Å². The quantitative estimate of drug-likeness (QED) is 0.647. The van der Waals surface area contributed by atoms with Crippen LogP contribution in [0, 0.1) is 5.41 Å². The van der Waals surface area contributed by atoms with Crippen molar-refractivity contribution in [1.82, 2.24) is 0 Å². The van der Waals surface area contributed by atoms with E-state index in [0.717, 1.165) is 0 Å². The molecule has 2 saturated carbocycles. The van der Waals surface area contributed by atoms with Crippen molar-refractivity contribution in [2.24, 2.45) is 11.1 Å². The van der Waals surface area contributed by atoms with Gasteiger partial charge >= 0.3 is 5.97 Å². The smallest absolute Gasteiger partial charge is 0.323 e. The van der Waals surface area contributed by atoms with E-state index in [1.54, 1.807) is 0 Å². The molecule has 0 aliphatic heterocycles. The summed E-state index contributed by atoms with van der Waals surface area (Å²) in [5.74, 6) is -0.816. The largest absolute Gasteiger partial charge is 0.480 e. The number of nitrogens with two attached hydrogens (primary N) is 1. The molecule has 2 rings (SSSR count). The third-order valence-electron chi connectivity index (χ3n) is 3.72. The van der Waals surface area contributed by atoms with Gasteiger partial charge in [-0.25, -0.2) is 0 Å². The van der Waals surface area contributed by atoms with Crippen LogP contribution < -0.4 is 5.73 Å². The summed E-state index contributed by atoms with van der Waals surface area (Å²) < 4.78 is 0. The monoisotopic (exact) mass is 183 g/mol. The SMILES string of the molecule is NC1(C(=O)O)CC2(CCCCC2)C1. The van der Waals surface area contributed by atoms with E-state index in [-0.39, 0.29) is 0 Å². The highest BCUT2D eigenvalue weighted by Gasteiger charge is 2.56. The summed E-state index contributed by atoms with van der Waals surface area (Å²) in [4.78, 5) is 10.8. The zero-order valence-corrected chi connectivity index (χ0v) is 7.88. The maximum absolute atomic E-state index is 10.8. The van der Waals surface area contributed by atoms with Gasteiger partial charge in [0.2, 0.25) is 0 Å². The Morgan fingerprint density at radius 1 is 1.15 bits per heavy atom. The molecule has 0 aromatic rings. The van der Waals surface area contributed by atoms with Gasteiger partial charge in [0.15, 0.2) is 0 Å². The molecular weight excluding hydrogens is 166 g/mol. The molecule has 0 amide bonds. The van der Waals surface area contributed by atoms with Crippen molar-refractivity contribution in [3.8, 4) is 0 Å². The Morgan fingerprint density at radius 2 is 1.69 bits per heavy atom. The first-order chi connectivity index (χ1) is 6.06. The van der Waals surface area contributed by atoms with Gasteiger partial charge in [-0.1, -0.05) is 19.3 Å². The maximum atomic E-state index is 10.8. The van der Waals surface area contributed by atoms with E-state index >= 15 is 0 Å². The lowest BCUT2D eigenvalue weighted by Crippen LogP contribution is -2.63. The predicted octanol–water partition coefficient (Wildman–Crippen LogP) is 1.51. The topological polar surface area (TPSA) is 63.3 Å². The van der Waals surface area contributed by atoms with Gasteiger partial charge in [-0.15, -0.1) is 0 Å². The fourth-order valence-corrected chi connectivity index (χ4v) is 3.09. The number of rotatable bonds is 1. The number of hydrogen-bond acceptors (Lipinski definition) is 2. The minimum atomic E-state index is -0.892. The van der Waals surface area contributed by atoms with Crippen molar-refractivity contribution < 1.29 is 9.90 Å². The van der Waals surface area contributed by atoms with Crippen LogP contribution in [0.3, 0.4) is 0 Å². The van der Waals surface area contributed by atoms with Crippen LogP contribution in [0.25, 0.3) is 0 Å². The van der Waals surface area contributed by atoms with Gasteiger partial charge in [-0.05, 0) is 31.1 Å². The molecule has 0 saturated heterocycles. The number of aliphatic carboxylic acids is 1. The average molecular weight is 183 g/mol. The van der Waals surface area contributed by atoms with Crippen molar-refractivity contribution in [3.63, 3.8) is 0 Å². The average Bonchev–Trinajstić information content (AvgIpc) is 2.03. The van der Waals surface area contributed by atoms with Gasteiger partial charge < -0.3 is 10.8 Å². The highest BCUT2D eigenvalue weighted by Crippen LogP contribution is 2.55. The molecule has 2 aliphatic carbocycles. The van der Waals surface area contributed by atoms with Crippen molar-refractivity contribution >= 4 is 5.97 Å². The van der Waals surface area contributed by atoms with Gasteiger partial charge in [0, 0.05) is 0 Å². The van der Waals surface area contributed by atoms with E-state index in [1.165, 1.54) is 32.1 Å². The predicted molar refractivity (Wildman–Crippen MR) is 49.3 cm³/mol. The van der Waals surface area contributed by atoms with Crippen molar-refractivity contribution in [2.45, 2.75) is 50.5 Å². The molecule has 0 bridgehead atoms. The zero-order chi connectivity index (χ0) is 9.53. The molecule has 3 nitrogen and oxygen atoms in total. The van der Waals surface area contributed by atoms with Crippen molar-refractivity contribution in [3.05, 3.63) is 0 Å². The molecule has 74 valence electrons. The Morgan fingerprint density at radius 3 is 2.15 bits per heavy atom. The normalized spacial score (nSPS) is 29.6. The first-order valence-corrected chi connectivity index (χ1v) is 5.09. The Balaban J connectivity index is 1.98. The van der Waals surface area contributed by atoms with E-state index in [0.29, 0.717) is 18.3 Å². The molecule has 0 unspecified atom stereocenters. The summed E-state index contributed by atoms with van der Waals surface area (Å²) in [6, 6.07) is 0. The Kier molecular flexibility index (Phi) is 1.88. The van der Waals surface area contributed by atoms with Gasteiger partial charge in [-0.2, -0.15) is 0 Å². The summed E-state index contributed by atoms with van der Waals surface area (Å²) in [6.45, 7) is 0. The van der Waals surface area contributed by atoms with E-state index in [2.05, 4.69) is 0 Å². The van der Waals surface area contributed by atoms with Gasteiger partial charge in [-0.3, -0.25) is 4.79 Å². The highest BCUT2D eigenvalue weighted by molar-refractivity contribution is 5.80. The molecular formula is C10H17NO2. The van der Waals surface area contributed by atoms with Crippen LogP contribution in [0.15, 0.2) is 0 Å². The lowest BCUT2D eigenvalue weighted by molar-refractivity contribution is -0.155. The molecule has 3 N–H and O–H groups in total. The summed E-state index contributed by atoms with van der Waals surface area (Å²) in [5.41, 5.74) is 5.17. The molecule has 2 aliphatic rings. The molecule has 0 atom stereocenters. The minimum absolute atomic E-state index is 0.311. The van der Waals surface area contributed by atoms with Crippen LogP contribution in [0.1, 0.15) is 44.9 Å². The third-order valence-corrected chi connectivity index (χ3v) is 3.72. The van der Waals surface area contributed by atoms with Crippen LogP contribution >= 0.6 is 0 Å². The van der Waals surface area contributed by atoms with Crippen LogP contribution in [0.2, 0.25) is 0 Å². The highest BCUT2D eigenvalue weighted by atomic mass is 16.4. The van der Waals surface area contributed by atoms with Crippen LogP contribution in [-0.4, -0.2) is 16.6 Å². The molecule has 0 aromatic carbocycles. The van der Waals surface area contributed by atoms with Crippen molar-refractivity contribution in [1.29, 1.82) is 0 Å². The zero-order valence-electron chi connectivity index (χ0n) is 7.88. The first-order valence-electron chi connectivity index (χ1n) is 5.09. The molecule has 13 heavy (non-hydrogen) atoms. The maximum Gasteiger partial charge on any atom is 0.323 e. The van der Waals surface area contributed by atoms with Crippen LogP contribution in [-0.2, 0) is 4.79 Å². The standard InChI is InChI=1S/C10H17NO2/c11-10(8(12)13)6-9(7-10)4-2-1-3-5-9/h1-7,11H2,(H,12,13). The number of carboxylic acids is 1. The van der Waals surface area contributed by atoms with E-state index in [4.69, 9.17) is 10.8 Å². The summed E-state index contributed by atoms with van der Waals surface area (Å²) in [5, 5.41) is 8.88. The summed E-state index contributed by atoms with van der Waals surface area (Å²) in [6.07, 6.45) is 7.63. The molecule has 0 aromatic heterocycles. The third kappa shape index (κ3) is 1.35. The molecule has 1 spiro atoms. The van der Waals surface area contributed by atoms with Gasteiger partial charge in [0.25, 0.3) is 0 Å². The Bertz CT molecular complexity index is 223. The molecule has 0 heterocycles. The lowest BCUT2D eigenvalue weighted by atomic mass is 9.52. The Hall–Kier alpha value is -0.570. The number of hydrogen-bond donors (Lipinski definition) is 2. The molecule has 2 fully saturated rings. The van der Waals surface area contributed by atoms with E-state index < -0.39 is 11.5 Å². The number of carboxylic acid groups (broad SMARTS) is 1. The molecule has 0 radical (unpaired) electrons. The minimum Gasteiger partial charge on any atom is -0.480 e. The second-order valence-electron chi connectivity index (χ2n) is 4.88. The van der Waals surface area contributed by atoms with Crippen molar-refractivity contribution in [2.75, 3.05) is 0 Å². The second-order valence-corrected chi connectivity index (χ2v) is 4.88. The lowest BCUT2D eigenvalue weighted by Gasteiger charge is -2.54. The van der Waals surface area contributed by atoms with Crippen LogP contribution in [0.4, 0.5) is 0 Å². The molecule has 3 heteroatoms. The fraction of sp³-hybridized carbons (Fsp3) is 0.900. The first kappa shape index (κ1) is 9.00. The van der Waals surface area contributed by atoms with Crippen LogP contribution in [0.5, 0.6) is 0 Å². The summed E-state index contributed by atoms with van der Waals surface area (Å²) >= 11 is 0.